The molecule has 3 aromatic heterocycles. The molecule has 5 heteroatoms. The Bertz CT molecular complexity index is 913. The third-order valence-electron chi connectivity index (χ3n) is 3.69. The van der Waals surface area contributed by atoms with Crippen molar-refractivity contribution in [2.45, 2.75) is 6.54 Å². The number of anilines is 1. The number of aromatic nitrogens is 4. The molecule has 23 heavy (non-hydrogen) atoms. The van der Waals surface area contributed by atoms with Crippen molar-refractivity contribution in [2.24, 2.45) is 0 Å². The summed E-state index contributed by atoms with van der Waals surface area (Å²) in [4.78, 5) is 8.48. The van der Waals surface area contributed by atoms with Crippen LogP contribution in [0.3, 0.4) is 0 Å². The molecule has 4 aromatic rings. The van der Waals surface area contributed by atoms with Gasteiger partial charge < -0.3 is 5.32 Å². The van der Waals surface area contributed by atoms with Crippen molar-refractivity contribution < 1.29 is 0 Å². The van der Waals surface area contributed by atoms with Gasteiger partial charge in [-0.1, -0.05) is 36.4 Å². The highest BCUT2D eigenvalue weighted by molar-refractivity contribution is 5.63. The van der Waals surface area contributed by atoms with Crippen LogP contribution in [-0.4, -0.2) is 19.6 Å². The van der Waals surface area contributed by atoms with E-state index in [-0.39, 0.29) is 0 Å². The zero-order valence-electron chi connectivity index (χ0n) is 12.4. The predicted molar refractivity (Wildman–Crippen MR) is 90.0 cm³/mol. The minimum absolute atomic E-state index is 0.741. The Morgan fingerprint density at radius 2 is 1.78 bits per heavy atom. The van der Waals surface area contributed by atoms with E-state index in [1.165, 1.54) is 5.56 Å². The minimum atomic E-state index is 0.741. The summed E-state index contributed by atoms with van der Waals surface area (Å²) in [6, 6.07) is 20.3. The Hall–Kier alpha value is -3.21. The molecule has 3 heterocycles. The highest BCUT2D eigenvalue weighted by Gasteiger charge is 2.04. The largest absolute Gasteiger partial charge is 0.366 e. The van der Waals surface area contributed by atoms with Gasteiger partial charge in [0.05, 0.1) is 5.69 Å². The molecule has 112 valence electrons. The van der Waals surface area contributed by atoms with Crippen LogP contribution in [0.25, 0.3) is 16.9 Å². The Morgan fingerprint density at radius 1 is 0.870 bits per heavy atom. The third kappa shape index (κ3) is 2.76. The topological polar surface area (TPSA) is 55.1 Å². The maximum absolute atomic E-state index is 4.28. The number of rotatable bonds is 4. The summed E-state index contributed by atoms with van der Waals surface area (Å²) in [6.07, 6.45) is 3.36. The second kappa shape index (κ2) is 5.88. The number of fused-ring (bicyclic) bond motifs is 1. The van der Waals surface area contributed by atoms with Crippen LogP contribution >= 0.6 is 0 Å². The molecule has 0 amide bonds. The quantitative estimate of drug-likeness (QED) is 0.627. The summed E-state index contributed by atoms with van der Waals surface area (Å²) in [5.74, 6) is 0.879. The number of pyridine rings is 2. The minimum Gasteiger partial charge on any atom is -0.366 e. The average Bonchev–Trinajstić information content (AvgIpc) is 3.10. The normalized spacial score (nSPS) is 10.8. The second-order valence-electron chi connectivity index (χ2n) is 5.21. The summed E-state index contributed by atoms with van der Waals surface area (Å²) in [5, 5.41) is 7.59. The van der Waals surface area contributed by atoms with Gasteiger partial charge in [-0.25, -0.2) is 14.5 Å². The van der Waals surface area contributed by atoms with Crippen molar-refractivity contribution in [3.8, 4) is 11.3 Å². The summed E-state index contributed by atoms with van der Waals surface area (Å²) in [5.41, 5.74) is 4.19. The Balaban J connectivity index is 1.55. The van der Waals surface area contributed by atoms with Gasteiger partial charge in [-0.3, -0.25) is 0 Å². The lowest BCUT2D eigenvalue weighted by molar-refractivity contribution is 0.969. The first kappa shape index (κ1) is 13.5. The van der Waals surface area contributed by atoms with Crippen LogP contribution < -0.4 is 5.32 Å². The molecule has 0 atom stereocenters. The molecule has 0 fully saturated rings. The molecule has 0 saturated carbocycles. The lowest BCUT2D eigenvalue weighted by Gasteiger charge is -2.08. The van der Waals surface area contributed by atoms with Gasteiger partial charge >= 0.3 is 0 Å². The Morgan fingerprint density at radius 3 is 2.61 bits per heavy atom. The lowest BCUT2D eigenvalue weighted by Crippen LogP contribution is -2.01. The van der Waals surface area contributed by atoms with Crippen molar-refractivity contribution in [3.05, 3.63) is 78.8 Å². The first-order chi connectivity index (χ1) is 11.4. The molecule has 0 saturated heterocycles. The van der Waals surface area contributed by atoms with Gasteiger partial charge in [-0.15, -0.1) is 0 Å². The molecule has 0 bridgehead atoms. The van der Waals surface area contributed by atoms with E-state index in [4.69, 9.17) is 0 Å². The maximum atomic E-state index is 4.28. The molecule has 0 aliphatic heterocycles. The van der Waals surface area contributed by atoms with E-state index in [9.17, 15) is 0 Å². The van der Waals surface area contributed by atoms with Gasteiger partial charge in [0.15, 0.2) is 5.65 Å². The van der Waals surface area contributed by atoms with E-state index in [2.05, 4.69) is 44.6 Å². The number of benzene rings is 1. The summed E-state index contributed by atoms with van der Waals surface area (Å²) >= 11 is 0. The van der Waals surface area contributed by atoms with Gasteiger partial charge in [-0.05, 0) is 29.8 Å². The second-order valence-corrected chi connectivity index (χ2v) is 5.21. The van der Waals surface area contributed by atoms with E-state index >= 15 is 0 Å². The number of nitrogens with zero attached hydrogens (tertiary/aromatic N) is 4. The first-order valence-corrected chi connectivity index (χ1v) is 7.43. The standard InChI is InChI=1S/C18H15N5/c1-2-11-19-17(5-1)20-12-14-7-9-15(10-8-14)16-4-3-6-18-21-13-22-23(16)18/h1-11,13H,12H2,(H,19,20). The van der Waals surface area contributed by atoms with E-state index < -0.39 is 0 Å². The van der Waals surface area contributed by atoms with Crippen molar-refractivity contribution >= 4 is 11.5 Å². The molecule has 1 N–H and O–H groups in total. The molecule has 4 rings (SSSR count). The van der Waals surface area contributed by atoms with Crippen LogP contribution in [0.4, 0.5) is 5.82 Å². The van der Waals surface area contributed by atoms with Gasteiger partial charge in [0.2, 0.25) is 0 Å². The maximum Gasteiger partial charge on any atom is 0.155 e. The van der Waals surface area contributed by atoms with Crippen molar-refractivity contribution in [3.63, 3.8) is 0 Å². The summed E-state index contributed by atoms with van der Waals surface area (Å²) in [7, 11) is 0. The zero-order valence-corrected chi connectivity index (χ0v) is 12.4. The molecule has 1 aromatic carbocycles. The molecular weight excluding hydrogens is 286 g/mol. The zero-order chi connectivity index (χ0) is 15.5. The highest BCUT2D eigenvalue weighted by atomic mass is 15.3. The van der Waals surface area contributed by atoms with E-state index in [0.29, 0.717) is 0 Å². The number of hydrogen-bond acceptors (Lipinski definition) is 4. The molecule has 0 unspecified atom stereocenters. The molecule has 0 aliphatic carbocycles. The molecule has 0 aliphatic rings. The summed E-state index contributed by atoms with van der Waals surface area (Å²) < 4.78 is 1.85. The number of hydrogen-bond donors (Lipinski definition) is 1. The monoisotopic (exact) mass is 301 g/mol. The predicted octanol–water partition coefficient (Wildman–Crippen LogP) is 3.40. The molecule has 5 nitrogen and oxygen atoms in total. The van der Waals surface area contributed by atoms with Crippen LogP contribution in [0, 0.1) is 0 Å². The Kier molecular flexibility index (Phi) is 3.44. The van der Waals surface area contributed by atoms with Crippen molar-refractivity contribution in [1.82, 2.24) is 19.6 Å². The Labute approximate surface area is 133 Å². The van der Waals surface area contributed by atoms with Gasteiger partial charge in [-0.2, -0.15) is 5.10 Å². The molecular formula is C18H15N5. The fraction of sp³-hybridized carbons (Fsp3) is 0.0556. The van der Waals surface area contributed by atoms with Gasteiger partial charge in [0.1, 0.15) is 12.1 Å². The SMILES string of the molecule is c1ccc(NCc2ccc(-c3cccc4ncnn34)cc2)nc1. The van der Waals surface area contributed by atoms with Crippen LogP contribution in [0.1, 0.15) is 5.56 Å². The highest BCUT2D eigenvalue weighted by Crippen LogP contribution is 2.20. The van der Waals surface area contributed by atoms with Crippen LogP contribution in [0.2, 0.25) is 0 Å². The van der Waals surface area contributed by atoms with Gasteiger partial charge in [0.25, 0.3) is 0 Å². The summed E-state index contributed by atoms with van der Waals surface area (Å²) in [6.45, 7) is 0.741. The molecule has 0 radical (unpaired) electrons. The lowest BCUT2D eigenvalue weighted by atomic mass is 10.1. The van der Waals surface area contributed by atoms with E-state index in [1.54, 1.807) is 12.5 Å². The fourth-order valence-electron chi connectivity index (χ4n) is 2.52. The van der Waals surface area contributed by atoms with Crippen molar-refractivity contribution in [2.75, 3.05) is 5.32 Å². The van der Waals surface area contributed by atoms with E-state index in [1.807, 2.05) is 40.9 Å². The van der Waals surface area contributed by atoms with Crippen molar-refractivity contribution in [1.29, 1.82) is 0 Å². The first-order valence-electron chi connectivity index (χ1n) is 7.43. The smallest absolute Gasteiger partial charge is 0.155 e. The fourth-order valence-corrected chi connectivity index (χ4v) is 2.52. The van der Waals surface area contributed by atoms with E-state index in [0.717, 1.165) is 29.3 Å². The van der Waals surface area contributed by atoms with Crippen LogP contribution in [0.15, 0.2) is 73.2 Å². The third-order valence-corrected chi connectivity index (χ3v) is 3.69. The molecule has 0 spiro atoms. The average molecular weight is 301 g/mol. The van der Waals surface area contributed by atoms with Crippen LogP contribution in [-0.2, 0) is 6.54 Å². The number of nitrogens with one attached hydrogen (secondary N) is 1. The van der Waals surface area contributed by atoms with Gasteiger partial charge in [0, 0.05) is 18.3 Å². The van der Waals surface area contributed by atoms with Crippen LogP contribution in [0.5, 0.6) is 0 Å².